The van der Waals surface area contributed by atoms with E-state index in [9.17, 15) is 22.8 Å². The van der Waals surface area contributed by atoms with Crippen molar-refractivity contribution in [3.8, 4) is 0 Å². The number of rotatable bonds is 3. The normalized spacial score (nSPS) is 12.0. The van der Waals surface area contributed by atoms with Crippen molar-refractivity contribution in [3.63, 3.8) is 0 Å². The van der Waals surface area contributed by atoms with Crippen LogP contribution in [-0.2, 0) is 0 Å². The number of benzene rings is 2. The first-order valence-corrected chi connectivity index (χ1v) is 8.07. The fourth-order valence-corrected chi connectivity index (χ4v) is 2.78. The van der Waals surface area contributed by atoms with Gasteiger partial charge in [0, 0.05) is 18.9 Å². The minimum absolute atomic E-state index is 0.0165. The Morgan fingerprint density at radius 1 is 1.11 bits per heavy atom. The molecule has 0 radical (unpaired) electrons. The number of aromatic nitrogens is 1. The number of aromatic amines is 1. The van der Waals surface area contributed by atoms with Gasteiger partial charge in [-0.05, 0) is 48.2 Å². The molecule has 2 aromatic carbocycles. The van der Waals surface area contributed by atoms with E-state index in [0.717, 1.165) is 12.1 Å². The number of hydrogen-bond donors (Lipinski definition) is 2. The molecule has 5 nitrogen and oxygen atoms in total. The van der Waals surface area contributed by atoms with Crippen molar-refractivity contribution in [1.82, 2.24) is 9.88 Å². The quantitative estimate of drug-likeness (QED) is 0.722. The smallest absolute Gasteiger partial charge is 0.322 e. The maximum absolute atomic E-state index is 13.7. The van der Waals surface area contributed by atoms with Gasteiger partial charge >= 0.3 is 6.03 Å². The van der Waals surface area contributed by atoms with Crippen LogP contribution in [0.25, 0.3) is 10.8 Å². The average molecular weight is 375 g/mol. The molecule has 27 heavy (non-hydrogen) atoms. The lowest BCUT2D eigenvalue weighted by atomic mass is 10.0. The van der Waals surface area contributed by atoms with Crippen LogP contribution in [0.5, 0.6) is 0 Å². The molecule has 1 heterocycles. The van der Waals surface area contributed by atoms with Crippen molar-refractivity contribution in [2.45, 2.75) is 13.0 Å². The number of urea groups is 1. The van der Waals surface area contributed by atoms with Gasteiger partial charge < -0.3 is 15.2 Å². The molecular formula is C19H16F3N3O2. The molecule has 3 aromatic rings. The van der Waals surface area contributed by atoms with Gasteiger partial charge in [0.25, 0.3) is 5.56 Å². The topological polar surface area (TPSA) is 65.2 Å². The number of carbonyl (C=O) groups is 1. The van der Waals surface area contributed by atoms with E-state index in [1.165, 1.54) is 42.4 Å². The minimum atomic E-state index is -1.13. The molecule has 0 fully saturated rings. The number of carbonyl (C=O) groups excluding carboxylic acids is 1. The maximum Gasteiger partial charge on any atom is 0.322 e. The van der Waals surface area contributed by atoms with Crippen molar-refractivity contribution in [2.75, 3.05) is 12.4 Å². The van der Waals surface area contributed by atoms with Crippen LogP contribution in [0.3, 0.4) is 0 Å². The number of nitrogens with one attached hydrogen (secondary N) is 2. The van der Waals surface area contributed by atoms with Gasteiger partial charge in [-0.3, -0.25) is 4.79 Å². The largest absolute Gasteiger partial charge is 0.328 e. The summed E-state index contributed by atoms with van der Waals surface area (Å²) < 4.78 is 40.4. The van der Waals surface area contributed by atoms with Crippen molar-refractivity contribution in [3.05, 3.63) is 76.0 Å². The molecule has 1 aromatic heterocycles. The van der Waals surface area contributed by atoms with Gasteiger partial charge in [-0.25, -0.2) is 18.0 Å². The SMILES string of the molecule is C[C@H](c1c[nH]c(=O)c2cc(F)c(F)cc12)N(C)C(=O)Nc1cccc(F)c1. The molecule has 1 atom stereocenters. The zero-order chi connectivity index (χ0) is 19.7. The van der Waals surface area contributed by atoms with E-state index >= 15 is 0 Å². The lowest BCUT2D eigenvalue weighted by Gasteiger charge is -2.26. The fraction of sp³-hybridized carbons (Fsp3) is 0.158. The Bertz CT molecular complexity index is 1080. The van der Waals surface area contributed by atoms with E-state index in [0.29, 0.717) is 5.56 Å². The predicted octanol–water partition coefficient (Wildman–Crippen LogP) is 4.17. The van der Waals surface area contributed by atoms with Crippen LogP contribution in [0, 0.1) is 17.5 Å². The lowest BCUT2D eigenvalue weighted by molar-refractivity contribution is 0.208. The van der Waals surface area contributed by atoms with Gasteiger partial charge in [0.1, 0.15) is 5.82 Å². The number of amides is 2. The van der Waals surface area contributed by atoms with E-state index in [-0.39, 0.29) is 16.5 Å². The summed E-state index contributed by atoms with van der Waals surface area (Å²) in [6.45, 7) is 1.67. The summed E-state index contributed by atoms with van der Waals surface area (Å²) in [6, 6.07) is 6.05. The number of nitrogens with zero attached hydrogens (tertiary/aromatic N) is 1. The second-order valence-electron chi connectivity index (χ2n) is 6.11. The third kappa shape index (κ3) is 3.64. The molecule has 3 rings (SSSR count). The second-order valence-corrected chi connectivity index (χ2v) is 6.11. The Kier molecular flexibility index (Phi) is 4.89. The van der Waals surface area contributed by atoms with Gasteiger partial charge in [-0.2, -0.15) is 0 Å². The average Bonchev–Trinajstić information content (AvgIpc) is 2.62. The first-order chi connectivity index (χ1) is 12.8. The molecule has 0 aliphatic heterocycles. The summed E-state index contributed by atoms with van der Waals surface area (Å²) in [6.07, 6.45) is 1.36. The first-order valence-electron chi connectivity index (χ1n) is 8.07. The summed E-state index contributed by atoms with van der Waals surface area (Å²) >= 11 is 0. The molecule has 0 saturated carbocycles. The van der Waals surface area contributed by atoms with Crippen LogP contribution in [0.1, 0.15) is 18.5 Å². The van der Waals surface area contributed by atoms with Crippen molar-refractivity contribution in [2.24, 2.45) is 0 Å². The highest BCUT2D eigenvalue weighted by Crippen LogP contribution is 2.27. The molecule has 0 aliphatic rings. The fourth-order valence-electron chi connectivity index (χ4n) is 2.78. The second kappa shape index (κ2) is 7.14. The zero-order valence-electron chi connectivity index (χ0n) is 14.5. The third-order valence-corrected chi connectivity index (χ3v) is 4.40. The van der Waals surface area contributed by atoms with Crippen LogP contribution < -0.4 is 10.9 Å². The van der Waals surface area contributed by atoms with Crippen LogP contribution in [0.4, 0.5) is 23.7 Å². The summed E-state index contributed by atoms with van der Waals surface area (Å²) in [5, 5.41) is 2.74. The Morgan fingerprint density at radius 2 is 1.78 bits per heavy atom. The zero-order valence-corrected chi connectivity index (χ0v) is 14.5. The molecule has 0 aliphatic carbocycles. The van der Waals surface area contributed by atoms with E-state index in [2.05, 4.69) is 10.3 Å². The number of hydrogen-bond acceptors (Lipinski definition) is 2. The number of H-pyrrole nitrogens is 1. The predicted molar refractivity (Wildman–Crippen MR) is 96.1 cm³/mol. The van der Waals surface area contributed by atoms with Crippen molar-refractivity contribution in [1.29, 1.82) is 0 Å². The van der Waals surface area contributed by atoms with Crippen LogP contribution in [0.2, 0.25) is 0 Å². The van der Waals surface area contributed by atoms with Crippen LogP contribution in [-0.4, -0.2) is 23.0 Å². The minimum Gasteiger partial charge on any atom is -0.328 e. The Hall–Kier alpha value is -3.29. The van der Waals surface area contributed by atoms with Gasteiger partial charge in [0.15, 0.2) is 11.6 Å². The van der Waals surface area contributed by atoms with Gasteiger partial charge in [-0.1, -0.05) is 6.07 Å². The van der Waals surface area contributed by atoms with Crippen molar-refractivity contribution >= 4 is 22.5 Å². The summed E-state index contributed by atoms with van der Waals surface area (Å²) in [5.41, 5.74) is 0.144. The highest BCUT2D eigenvalue weighted by molar-refractivity contribution is 5.90. The standard InChI is InChI=1S/C19H16F3N3O2/c1-10(25(2)19(27)24-12-5-3-4-11(20)6-12)15-9-23-18(26)14-8-17(22)16(21)7-13(14)15/h3-10H,1-2H3,(H,23,26)(H,24,27)/t10-/m1/s1. The Labute approximate surface area is 152 Å². The molecule has 8 heteroatoms. The highest BCUT2D eigenvalue weighted by atomic mass is 19.2. The number of pyridine rings is 1. The van der Waals surface area contributed by atoms with Crippen LogP contribution in [0.15, 0.2) is 47.4 Å². The molecule has 0 spiro atoms. The first kappa shape index (κ1) is 18.5. The van der Waals surface area contributed by atoms with E-state index in [1.807, 2.05) is 0 Å². The Morgan fingerprint density at radius 3 is 2.44 bits per heavy atom. The number of anilines is 1. The molecule has 140 valence electrons. The van der Waals surface area contributed by atoms with Crippen molar-refractivity contribution < 1.29 is 18.0 Å². The monoisotopic (exact) mass is 375 g/mol. The lowest BCUT2D eigenvalue weighted by Crippen LogP contribution is -2.34. The maximum atomic E-state index is 13.7. The molecule has 0 bridgehead atoms. The number of halogens is 3. The van der Waals surface area contributed by atoms with E-state index < -0.39 is 35.1 Å². The highest BCUT2D eigenvalue weighted by Gasteiger charge is 2.21. The number of fused-ring (bicyclic) bond motifs is 1. The van der Waals surface area contributed by atoms with E-state index in [4.69, 9.17) is 0 Å². The van der Waals surface area contributed by atoms with Crippen LogP contribution >= 0.6 is 0 Å². The Balaban J connectivity index is 1.94. The summed E-state index contributed by atoms with van der Waals surface area (Å²) in [7, 11) is 1.50. The van der Waals surface area contributed by atoms with Gasteiger partial charge in [0.05, 0.1) is 11.4 Å². The van der Waals surface area contributed by atoms with Gasteiger partial charge in [-0.15, -0.1) is 0 Å². The molecule has 0 saturated heterocycles. The van der Waals surface area contributed by atoms with E-state index in [1.54, 1.807) is 6.92 Å². The molecule has 2 amide bonds. The third-order valence-electron chi connectivity index (χ3n) is 4.40. The summed E-state index contributed by atoms with van der Waals surface area (Å²) in [4.78, 5) is 28.1. The molecule has 2 N–H and O–H groups in total. The molecule has 0 unspecified atom stereocenters. The summed E-state index contributed by atoms with van der Waals surface area (Å²) in [5.74, 6) is -2.71. The molecular weight excluding hydrogens is 359 g/mol. The van der Waals surface area contributed by atoms with Gasteiger partial charge in [0.2, 0.25) is 0 Å².